The Balaban J connectivity index is 3.31. The Morgan fingerprint density at radius 2 is 1.88 bits per heavy atom. The molecule has 1 rings (SSSR count). The third-order valence-corrected chi connectivity index (χ3v) is 2.37. The minimum atomic E-state index is -1.41. The van der Waals surface area contributed by atoms with Crippen molar-refractivity contribution in [2.45, 2.75) is 19.8 Å². The van der Waals surface area contributed by atoms with E-state index in [2.05, 4.69) is 0 Å². The van der Waals surface area contributed by atoms with Gasteiger partial charge in [0.15, 0.2) is 11.6 Å². The van der Waals surface area contributed by atoms with Gasteiger partial charge < -0.3 is 10.2 Å². The van der Waals surface area contributed by atoms with Gasteiger partial charge >= 0.3 is 5.97 Å². The number of benzene rings is 1. The van der Waals surface area contributed by atoms with Crippen LogP contribution in [-0.4, -0.2) is 16.2 Å². The number of carbonyl (C=O) groups is 1. The zero-order valence-electron chi connectivity index (χ0n) is 8.87. The van der Waals surface area contributed by atoms with E-state index in [9.17, 15) is 18.7 Å². The van der Waals surface area contributed by atoms with Crippen LogP contribution in [0.5, 0.6) is 5.75 Å². The molecule has 5 heteroatoms. The number of phenolic OH excluding ortho intramolecular Hbond substituents is 1. The molecule has 0 heterocycles. The molecule has 1 unspecified atom stereocenters. The molecule has 2 N–H and O–H groups in total. The summed E-state index contributed by atoms with van der Waals surface area (Å²) in [6.07, 6.45) is 0. The molecule has 0 aromatic heterocycles. The fourth-order valence-corrected chi connectivity index (χ4v) is 1.58. The van der Waals surface area contributed by atoms with E-state index in [0.717, 1.165) is 12.1 Å². The summed E-state index contributed by atoms with van der Waals surface area (Å²) in [5.41, 5.74) is -0.110. The van der Waals surface area contributed by atoms with Crippen LogP contribution in [0, 0.1) is 17.6 Å². The standard InChI is InChI=1S/C11H12F2O3/c1-5(2)8(11(15)16)6-3-4-7(12)9(13)10(6)14/h3-5,8,14H,1-2H3,(H,15,16). The van der Waals surface area contributed by atoms with E-state index in [4.69, 9.17) is 5.11 Å². The number of rotatable bonds is 3. The van der Waals surface area contributed by atoms with Crippen LogP contribution < -0.4 is 0 Å². The Morgan fingerprint density at radius 3 is 2.31 bits per heavy atom. The molecule has 0 saturated heterocycles. The Kier molecular flexibility index (Phi) is 3.47. The largest absolute Gasteiger partial charge is 0.505 e. The summed E-state index contributed by atoms with van der Waals surface area (Å²) in [5.74, 6) is -6.13. The van der Waals surface area contributed by atoms with Crippen molar-refractivity contribution in [3.05, 3.63) is 29.3 Å². The van der Waals surface area contributed by atoms with Crippen LogP contribution in [0.15, 0.2) is 12.1 Å². The number of hydrogen-bond acceptors (Lipinski definition) is 2. The molecule has 0 bridgehead atoms. The summed E-state index contributed by atoms with van der Waals surface area (Å²) in [6.45, 7) is 3.25. The smallest absolute Gasteiger partial charge is 0.311 e. The van der Waals surface area contributed by atoms with E-state index in [1.165, 1.54) is 0 Å². The quantitative estimate of drug-likeness (QED) is 0.838. The number of aromatic hydroxyl groups is 1. The lowest BCUT2D eigenvalue weighted by molar-refractivity contribution is -0.139. The number of phenols is 1. The van der Waals surface area contributed by atoms with Crippen LogP contribution in [-0.2, 0) is 4.79 Å². The van der Waals surface area contributed by atoms with Crippen LogP contribution in [0.4, 0.5) is 8.78 Å². The fraction of sp³-hybridized carbons (Fsp3) is 0.364. The maximum Gasteiger partial charge on any atom is 0.311 e. The predicted molar refractivity (Wildman–Crippen MR) is 53.2 cm³/mol. The fourth-order valence-electron chi connectivity index (χ4n) is 1.58. The number of hydrogen-bond donors (Lipinski definition) is 2. The highest BCUT2D eigenvalue weighted by molar-refractivity contribution is 5.77. The topological polar surface area (TPSA) is 57.5 Å². The molecule has 1 aromatic carbocycles. The molecular weight excluding hydrogens is 218 g/mol. The zero-order chi connectivity index (χ0) is 12.5. The van der Waals surface area contributed by atoms with Crippen LogP contribution in [0.2, 0.25) is 0 Å². The highest BCUT2D eigenvalue weighted by Gasteiger charge is 2.28. The predicted octanol–water partition coefficient (Wildman–Crippen LogP) is 2.49. The number of halogens is 2. The maximum atomic E-state index is 13.1. The van der Waals surface area contributed by atoms with Gasteiger partial charge in [0.2, 0.25) is 5.82 Å². The summed E-state index contributed by atoms with van der Waals surface area (Å²) in [6, 6.07) is 1.90. The SMILES string of the molecule is CC(C)C(C(=O)O)c1ccc(F)c(F)c1O. The van der Waals surface area contributed by atoms with Crippen LogP contribution in [0.1, 0.15) is 25.3 Å². The van der Waals surface area contributed by atoms with E-state index in [0.29, 0.717) is 0 Å². The second kappa shape index (κ2) is 4.47. The molecule has 0 spiro atoms. The van der Waals surface area contributed by atoms with Crippen LogP contribution >= 0.6 is 0 Å². The van der Waals surface area contributed by atoms with Gasteiger partial charge in [0.25, 0.3) is 0 Å². The molecule has 0 amide bonds. The number of carboxylic acid groups (broad SMARTS) is 1. The van der Waals surface area contributed by atoms with Gasteiger partial charge in [0, 0.05) is 5.56 Å². The van der Waals surface area contributed by atoms with E-state index in [-0.39, 0.29) is 11.5 Å². The van der Waals surface area contributed by atoms with Crippen molar-refractivity contribution in [2.75, 3.05) is 0 Å². The van der Waals surface area contributed by atoms with E-state index in [1.54, 1.807) is 13.8 Å². The lowest BCUT2D eigenvalue weighted by Crippen LogP contribution is -2.18. The van der Waals surface area contributed by atoms with Gasteiger partial charge in [-0.25, -0.2) is 4.39 Å². The van der Waals surface area contributed by atoms with Crippen molar-refractivity contribution in [1.29, 1.82) is 0 Å². The van der Waals surface area contributed by atoms with Crippen molar-refractivity contribution in [3.8, 4) is 5.75 Å². The molecular formula is C11H12F2O3. The van der Waals surface area contributed by atoms with Crippen molar-refractivity contribution >= 4 is 5.97 Å². The lowest BCUT2D eigenvalue weighted by atomic mass is 9.88. The Hall–Kier alpha value is -1.65. The van der Waals surface area contributed by atoms with E-state index >= 15 is 0 Å². The van der Waals surface area contributed by atoms with Gasteiger partial charge in [-0.05, 0) is 12.0 Å². The molecule has 88 valence electrons. The van der Waals surface area contributed by atoms with Gasteiger partial charge in [0.05, 0.1) is 5.92 Å². The van der Waals surface area contributed by atoms with Crippen molar-refractivity contribution < 1.29 is 23.8 Å². The Labute approximate surface area is 91.3 Å². The molecule has 0 radical (unpaired) electrons. The molecule has 16 heavy (non-hydrogen) atoms. The van der Waals surface area contributed by atoms with Crippen LogP contribution in [0.3, 0.4) is 0 Å². The molecule has 0 saturated carbocycles. The second-order valence-electron chi connectivity index (χ2n) is 3.86. The molecule has 0 fully saturated rings. The van der Waals surface area contributed by atoms with Gasteiger partial charge in [-0.15, -0.1) is 0 Å². The second-order valence-corrected chi connectivity index (χ2v) is 3.86. The lowest BCUT2D eigenvalue weighted by Gasteiger charge is -2.18. The minimum Gasteiger partial charge on any atom is -0.505 e. The van der Waals surface area contributed by atoms with Crippen molar-refractivity contribution in [2.24, 2.45) is 5.92 Å². The molecule has 3 nitrogen and oxygen atoms in total. The minimum absolute atomic E-state index is 0.110. The average Bonchev–Trinajstić information content (AvgIpc) is 2.17. The van der Waals surface area contributed by atoms with Gasteiger partial charge in [-0.1, -0.05) is 19.9 Å². The molecule has 1 atom stereocenters. The molecule has 0 aliphatic carbocycles. The zero-order valence-corrected chi connectivity index (χ0v) is 8.87. The first-order valence-electron chi connectivity index (χ1n) is 4.76. The summed E-state index contributed by atoms with van der Waals surface area (Å²) >= 11 is 0. The summed E-state index contributed by atoms with van der Waals surface area (Å²) in [4.78, 5) is 11.0. The summed E-state index contributed by atoms with van der Waals surface area (Å²) < 4.78 is 25.8. The van der Waals surface area contributed by atoms with Crippen molar-refractivity contribution in [1.82, 2.24) is 0 Å². The number of aliphatic carboxylic acids is 1. The third kappa shape index (κ3) is 2.13. The molecule has 0 aliphatic heterocycles. The summed E-state index contributed by atoms with van der Waals surface area (Å²) in [7, 11) is 0. The summed E-state index contributed by atoms with van der Waals surface area (Å²) in [5, 5.41) is 18.3. The first-order valence-corrected chi connectivity index (χ1v) is 4.76. The Morgan fingerprint density at radius 1 is 1.31 bits per heavy atom. The van der Waals surface area contributed by atoms with Crippen LogP contribution in [0.25, 0.3) is 0 Å². The van der Waals surface area contributed by atoms with Gasteiger partial charge in [0.1, 0.15) is 0 Å². The van der Waals surface area contributed by atoms with Gasteiger partial charge in [-0.3, -0.25) is 4.79 Å². The van der Waals surface area contributed by atoms with E-state index < -0.39 is 29.3 Å². The highest BCUT2D eigenvalue weighted by atomic mass is 19.2. The van der Waals surface area contributed by atoms with Gasteiger partial charge in [-0.2, -0.15) is 4.39 Å². The first-order chi connectivity index (χ1) is 7.36. The molecule has 1 aromatic rings. The molecule has 0 aliphatic rings. The number of carboxylic acids is 1. The normalized spacial score (nSPS) is 12.8. The first kappa shape index (κ1) is 12.4. The third-order valence-electron chi connectivity index (χ3n) is 2.37. The maximum absolute atomic E-state index is 13.1. The van der Waals surface area contributed by atoms with Crippen molar-refractivity contribution in [3.63, 3.8) is 0 Å². The average molecular weight is 230 g/mol. The monoisotopic (exact) mass is 230 g/mol. The highest BCUT2D eigenvalue weighted by Crippen LogP contribution is 2.34. The Bertz CT molecular complexity index is 416. The van der Waals surface area contributed by atoms with E-state index in [1.807, 2.05) is 0 Å².